The number of nitrogens with zero attached hydrogens (tertiary/aromatic N) is 4. The fourth-order valence-electron chi connectivity index (χ4n) is 2.01. The van der Waals surface area contributed by atoms with Crippen LogP contribution in [0, 0.1) is 6.92 Å². The molecular formula is C16H16N6O3. The van der Waals surface area contributed by atoms with Gasteiger partial charge >= 0.3 is 5.97 Å². The van der Waals surface area contributed by atoms with Crippen LogP contribution in [0.5, 0.6) is 0 Å². The molecule has 0 saturated carbocycles. The Balaban J connectivity index is 1.68. The zero-order chi connectivity index (χ0) is 17.6. The highest BCUT2D eigenvalue weighted by atomic mass is 16.5. The Bertz CT molecular complexity index is 862. The number of nitrogens with one attached hydrogen (secondary N) is 2. The first kappa shape index (κ1) is 16.4. The van der Waals surface area contributed by atoms with E-state index in [1.54, 1.807) is 44.2 Å². The Kier molecular flexibility index (Phi) is 4.84. The number of aromatic nitrogens is 4. The lowest BCUT2D eigenvalue weighted by Gasteiger charge is -2.07. The predicted molar refractivity (Wildman–Crippen MR) is 90.0 cm³/mol. The molecule has 128 valence electrons. The second kappa shape index (κ2) is 7.39. The van der Waals surface area contributed by atoms with Gasteiger partial charge in [0.15, 0.2) is 11.6 Å². The topological polar surface area (TPSA) is 115 Å². The highest BCUT2D eigenvalue weighted by Gasteiger charge is 2.07. The molecule has 0 atom stereocenters. The molecule has 0 unspecified atom stereocenters. The molecular weight excluding hydrogens is 324 g/mol. The first-order valence-electron chi connectivity index (χ1n) is 7.58. The Hall–Kier alpha value is -3.49. The van der Waals surface area contributed by atoms with Crippen LogP contribution in [0.25, 0.3) is 0 Å². The maximum Gasteiger partial charge on any atom is 0.338 e. The molecule has 0 radical (unpaired) electrons. The molecule has 3 rings (SSSR count). The lowest BCUT2D eigenvalue weighted by molar-refractivity contribution is 0.0526. The van der Waals surface area contributed by atoms with Crippen molar-refractivity contribution in [3.05, 3.63) is 47.9 Å². The van der Waals surface area contributed by atoms with Crippen molar-refractivity contribution in [1.29, 1.82) is 0 Å². The van der Waals surface area contributed by atoms with Gasteiger partial charge in [0.05, 0.1) is 18.4 Å². The van der Waals surface area contributed by atoms with E-state index < -0.39 is 0 Å². The second-order valence-electron chi connectivity index (χ2n) is 5.04. The van der Waals surface area contributed by atoms with E-state index in [1.165, 1.54) is 6.20 Å². The first-order chi connectivity index (χ1) is 12.1. The number of rotatable bonds is 6. The molecule has 0 spiro atoms. The number of ether oxygens (including phenoxy) is 1. The Morgan fingerprint density at radius 3 is 2.68 bits per heavy atom. The highest BCUT2D eigenvalue weighted by molar-refractivity contribution is 5.89. The van der Waals surface area contributed by atoms with Gasteiger partial charge < -0.3 is 19.9 Å². The van der Waals surface area contributed by atoms with E-state index >= 15 is 0 Å². The molecule has 9 heteroatoms. The summed E-state index contributed by atoms with van der Waals surface area (Å²) in [6, 6.07) is 8.57. The molecule has 1 aromatic carbocycles. The van der Waals surface area contributed by atoms with E-state index in [2.05, 4.69) is 31.0 Å². The first-order valence-corrected chi connectivity index (χ1v) is 7.58. The molecule has 3 aromatic rings. The molecule has 0 bridgehead atoms. The zero-order valence-corrected chi connectivity index (χ0v) is 13.7. The van der Waals surface area contributed by atoms with Crippen LogP contribution in [-0.4, -0.2) is 32.9 Å². The summed E-state index contributed by atoms with van der Waals surface area (Å²) < 4.78 is 9.92. The fourth-order valence-corrected chi connectivity index (χ4v) is 2.01. The van der Waals surface area contributed by atoms with Crippen molar-refractivity contribution in [3.63, 3.8) is 0 Å². The number of hydrogen-bond acceptors (Lipinski definition) is 9. The van der Waals surface area contributed by atoms with Crippen molar-refractivity contribution in [1.82, 2.24) is 20.3 Å². The van der Waals surface area contributed by atoms with E-state index in [-0.39, 0.29) is 11.9 Å². The predicted octanol–water partition coefficient (Wildman–Crippen LogP) is 2.83. The van der Waals surface area contributed by atoms with Gasteiger partial charge in [-0.25, -0.2) is 4.79 Å². The molecule has 0 aliphatic heterocycles. The molecule has 2 heterocycles. The lowest BCUT2D eigenvalue weighted by atomic mass is 10.2. The smallest absolute Gasteiger partial charge is 0.338 e. The zero-order valence-electron chi connectivity index (χ0n) is 13.7. The molecule has 9 nitrogen and oxygen atoms in total. The minimum Gasteiger partial charge on any atom is -0.462 e. The number of aryl methyl sites for hydroxylation is 1. The molecule has 2 N–H and O–H groups in total. The third-order valence-corrected chi connectivity index (χ3v) is 3.10. The largest absolute Gasteiger partial charge is 0.462 e. The van der Waals surface area contributed by atoms with E-state index in [9.17, 15) is 4.79 Å². The Morgan fingerprint density at radius 1 is 1.20 bits per heavy atom. The van der Waals surface area contributed by atoms with Gasteiger partial charge in [0, 0.05) is 11.8 Å². The molecule has 25 heavy (non-hydrogen) atoms. The number of carbonyl (C=O) groups is 1. The van der Waals surface area contributed by atoms with Gasteiger partial charge in [0.25, 0.3) is 0 Å². The van der Waals surface area contributed by atoms with Crippen LogP contribution < -0.4 is 10.6 Å². The minimum absolute atomic E-state index is 0.279. The molecule has 0 saturated heterocycles. The maximum absolute atomic E-state index is 11.6. The summed E-state index contributed by atoms with van der Waals surface area (Å²) in [6.45, 7) is 3.89. The maximum atomic E-state index is 11.6. The quantitative estimate of drug-likeness (QED) is 0.653. The van der Waals surface area contributed by atoms with Gasteiger partial charge in [-0.15, -0.1) is 5.10 Å². The fraction of sp³-hybridized carbons (Fsp3) is 0.188. The van der Waals surface area contributed by atoms with Crippen molar-refractivity contribution in [3.8, 4) is 0 Å². The van der Waals surface area contributed by atoms with Gasteiger partial charge in [-0.1, -0.05) is 5.16 Å². The average Bonchev–Trinajstić information content (AvgIpc) is 3.01. The van der Waals surface area contributed by atoms with Crippen LogP contribution in [0.4, 0.5) is 23.3 Å². The SMILES string of the molecule is CCOC(=O)c1ccc(Nc2cnnc(Nc3cc(C)on3)n2)cc1. The van der Waals surface area contributed by atoms with Crippen LogP contribution in [0.3, 0.4) is 0 Å². The van der Waals surface area contributed by atoms with Crippen LogP contribution in [0.2, 0.25) is 0 Å². The molecule has 2 aromatic heterocycles. The van der Waals surface area contributed by atoms with Crippen molar-refractivity contribution in [2.45, 2.75) is 13.8 Å². The number of esters is 1. The Morgan fingerprint density at radius 2 is 2.00 bits per heavy atom. The van der Waals surface area contributed by atoms with E-state index in [4.69, 9.17) is 9.26 Å². The number of hydrogen-bond donors (Lipinski definition) is 2. The normalized spacial score (nSPS) is 10.3. The number of benzene rings is 1. The van der Waals surface area contributed by atoms with Gasteiger partial charge in [0.1, 0.15) is 5.76 Å². The highest BCUT2D eigenvalue weighted by Crippen LogP contribution is 2.17. The molecule has 0 fully saturated rings. The summed E-state index contributed by atoms with van der Waals surface area (Å²) in [5, 5.41) is 17.6. The van der Waals surface area contributed by atoms with E-state index in [1.807, 2.05) is 0 Å². The summed E-state index contributed by atoms with van der Waals surface area (Å²) in [6.07, 6.45) is 1.48. The number of anilines is 4. The van der Waals surface area contributed by atoms with Crippen LogP contribution in [0.1, 0.15) is 23.0 Å². The summed E-state index contributed by atoms with van der Waals surface area (Å²) in [5.41, 5.74) is 1.23. The van der Waals surface area contributed by atoms with Crippen molar-refractivity contribution >= 4 is 29.2 Å². The second-order valence-corrected chi connectivity index (χ2v) is 5.04. The van der Waals surface area contributed by atoms with Crippen LogP contribution in [0.15, 0.2) is 41.1 Å². The monoisotopic (exact) mass is 340 g/mol. The minimum atomic E-state index is -0.354. The lowest BCUT2D eigenvalue weighted by Crippen LogP contribution is -2.05. The summed E-state index contributed by atoms with van der Waals surface area (Å²) >= 11 is 0. The van der Waals surface area contributed by atoms with Gasteiger partial charge in [-0.3, -0.25) is 0 Å². The molecule has 0 aliphatic rings. The summed E-state index contributed by atoms with van der Waals surface area (Å²) in [4.78, 5) is 15.9. The third kappa shape index (κ3) is 4.28. The van der Waals surface area contributed by atoms with Gasteiger partial charge in [0.2, 0.25) is 5.95 Å². The molecule has 0 amide bonds. The van der Waals surface area contributed by atoms with E-state index in [0.717, 1.165) is 5.69 Å². The summed E-state index contributed by atoms with van der Waals surface area (Å²) in [7, 11) is 0. The van der Waals surface area contributed by atoms with Crippen LogP contribution >= 0.6 is 0 Å². The third-order valence-electron chi connectivity index (χ3n) is 3.10. The molecule has 0 aliphatic carbocycles. The van der Waals surface area contributed by atoms with Gasteiger partial charge in [-0.2, -0.15) is 10.1 Å². The van der Waals surface area contributed by atoms with Crippen molar-refractivity contribution in [2.24, 2.45) is 0 Å². The van der Waals surface area contributed by atoms with E-state index in [0.29, 0.717) is 29.6 Å². The van der Waals surface area contributed by atoms with Crippen molar-refractivity contribution < 1.29 is 14.1 Å². The summed E-state index contributed by atoms with van der Waals surface area (Å²) in [5.74, 6) is 1.58. The van der Waals surface area contributed by atoms with Gasteiger partial charge in [-0.05, 0) is 38.1 Å². The number of carbonyl (C=O) groups excluding carboxylic acids is 1. The Labute approximate surface area is 143 Å². The van der Waals surface area contributed by atoms with Crippen molar-refractivity contribution in [2.75, 3.05) is 17.2 Å². The average molecular weight is 340 g/mol. The van der Waals surface area contributed by atoms with Crippen LogP contribution in [-0.2, 0) is 4.74 Å². The standard InChI is InChI=1S/C16H16N6O3/c1-3-24-15(23)11-4-6-12(7-5-11)18-14-9-17-21-16(20-14)19-13-8-10(2)25-22-13/h4-9H,3H2,1-2H3,(H2,18,19,20,21,22).